The Morgan fingerprint density at radius 3 is 1.98 bits per heavy atom. The number of nitrogens with one attached hydrogen (secondary N) is 1. The average Bonchev–Trinajstić information content (AvgIpc) is 2.93. The SMILES string of the molecule is CCCCCCCCCCCCCC1=C(OCCCC(=O)OC(C)(C)C)C(=O)C(C)=C(NCCCCCOC=O)C1=O. The van der Waals surface area contributed by atoms with Crippen molar-refractivity contribution >= 4 is 24.0 Å². The molecule has 1 aliphatic carbocycles. The average molecular weight is 592 g/mol. The number of carbonyl (C=O) groups excluding carboxylic acids is 4. The zero-order valence-corrected chi connectivity index (χ0v) is 27.1. The fourth-order valence-electron chi connectivity index (χ4n) is 4.94. The molecular formula is C34H57NO7. The molecule has 0 aliphatic heterocycles. The zero-order chi connectivity index (χ0) is 31.2. The van der Waals surface area contributed by atoms with Crippen molar-refractivity contribution in [3.63, 3.8) is 0 Å². The van der Waals surface area contributed by atoms with Crippen LogP contribution in [0.3, 0.4) is 0 Å². The van der Waals surface area contributed by atoms with Gasteiger partial charge in [-0.15, -0.1) is 0 Å². The molecule has 1 aliphatic rings. The van der Waals surface area contributed by atoms with Crippen LogP contribution in [-0.2, 0) is 33.4 Å². The third-order valence-corrected chi connectivity index (χ3v) is 7.23. The summed E-state index contributed by atoms with van der Waals surface area (Å²) in [5.74, 6) is -0.629. The van der Waals surface area contributed by atoms with Crippen LogP contribution in [-0.4, -0.2) is 49.4 Å². The van der Waals surface area contributed by atoms with Gasteiger partial charge in [-0.05, 0) is 66.2 Å². The molecule has 0 fully saturated rings. The van der Waals surface area contributed by atoms with Gasteiger partial charge in [0.25, 0.3) is 6.47 Å². The molecule has 8 heteroatoms. The predicted molar refractivity (Wildman–Crippen MR) is 166 cm³/mol. The fourth-order valence-corrected chi connectivity index (χ4v) is 4.94. The second kappa shape index (κ2) is 22.0. The molecule has 0 heterocycles. The van der Waals surface area contributed by atoms with Gasteiger partial charge in [0, 0.05) is 24.1 Å². The molecule has 0 saturated heterocycles. The van der Waals surface area contributed by atoms with Gasteiger partial charge < -0.3 is 19.5 Å². The maximum Gasteiger partial charge on any atom is 0.306 e. The Kier molecular flexibility index (Phi) is 19.6. The summed E-state index contributed by atoms with van der Waals surface area (Å²) >= 11 is 0. The van der Waals surface area contributed by atoms with Gasteiger partial charge in [-0.25, -0.2) is 0 Å². The lowest BCUT2D eigenvalue weighted by Gasteiger charge is -2.24. The number of hydrogen-bond donors (Lipinski definition) is 1. The lowest BCUT2D eigenvalue weighted by Crippen LogP contribution is -2.32. The highest BCUT2D eigenvalue weighted by Crippen LogP contribution is 2.28. The van der Waals surface area contributed by atoms with Crippen molar-refractivity contribution in [2.45, 2.75) is 149 Å². The number of ether oxygens (including phenoxy) is 3. The van der Waals surface area contributed by atoms with E-state index in [4.69, 9.17) is 14.2 Å². The highest BCUT2D eigenvalue weighted by Gasteiger charge is 2.33. The first-order valence-electron chi connectivity index (χ1n) is 16.3. The topological polar surface area (TPSA) is 108 Å². The molecule has 1 rings (SSSR count). The summed E-state index contributed by atoms with van der Waals surface area (Å²) < 4.78 is 16.0. The number of esters is 1. The highest BCUT2D eigenvalue weighted by molar-refractivity contribution is 6.23. The van der Waals surface area contributed by atoms with Crippen molar-refractivity contribution in [3.05, 3.63) is 22.6 Å². The minimum atomic E-state index is -0.553. The summed E-state index contributed by atoms with van der Waals surface area (Å²) in [7, 11) is 0. The van der Waals surface area contributed by atoms with Crippen LogP contribution in [0, 0.1) is 0 Å². The Morgan fingerprint density at radius 2 is 1.38 bits per heavy atom. The van der Waals surface area contributed by atoms with Crippen LogP contribution in [0.15, 0.2) is 22.6 Å². The van der Waals surface area contributed by atoms with Gasteiger partial charge >= 0.3 is 5.97 Å². The lowest BCUT2D eigenvalue weighted by atomic mass is 9.89. The summed E-state index contributed by atoms with van der Waals surface area (Å²) in [6.45, 7) is 10.9. The van der Waals surface area contributed by atoms with Crippen LogP contribution in [0.2, 0.25) is 0 Å². The molecule has 0 unspecified atom stereocenters. The molecule has 8 nitrogen and oxygen atoms in total. The fraction of sp³-hybridized carbons (Fsp3) is 0.765. The molecule has 0 atom stereocenters. The van der Waals surface area contributed by atoms with Gasteiger partial charge in [0.2, 0.25) is 11.6 Å². The second-order valence-corrected chi connectivity index (χ2v) is 12.2. The van der Waals surface area contributed by atoms with Crippen molar-refractivity contribution in [3.8, 4) is 0 Å². The lowest BCUT2D eigenvalue weighted by molar-refractivity contribution is -0.155. The van der Waals surface area contributed by atoms with Gasteiger partial charge in [0.1, 0.15) is 5.60 Å². The molecule has 240 valence electrons. The number of allylic oxidation sites excluding steroid dienone is 2. The molecule has 42 heavy (non-hydrogen) atoms. The highest BCUT2D eigenvalue weighted by atomic mass is 16.6. The van der Waals surface area contributed by atoms with E-state index in [-0.39, 0.29) is 36.3 Å². The van der Waals surface area contributed by atoms with Crippen LogP contribution in [0.25, 0.3) is 0 Å². The van der Waals surface area contributed by atoms with Crippen LogP contribution < -0.4 is 5.32 Å². The maximum absolute atomic E-state index is 13.6. The third-order valence-electron chi connectivity index (χ3n) is 7.23. The van der Waals surface area contributed by atoms with Crippen molar-refractivity contribution in [2.24, 2.45) is 0 Å². The van der Waals surface area contributed by atoms with E-state index in [2.05, 4.69) is 12.2 Å². The molecule has 0 aromatic heterocycles. The molecule has 0 amide bonds. The van der Waals surface area contributed by atoms with Crippen LogP contribution in [0.5, 0.6) is 0 Å². The minimum absolute atomic E-state index is 0.130. The second-order valence-electron chi connectivity index (χ2n) is 12.2. The molecule has 0 radical (unpaired) electrons. The number of carbonyl (C=O) groups is 4. The van der Waals surface area contributed by atoms with Crippen molar-refractivity contribution in [1.29, 1.82) is 0 Å². The van der Waals surface area contributed by atoms with Crippen LogP contribution in [0.1, 0.15) is 144 Å². The molecular weight excluding hydrogens is 534 g/mol. The number of Topliss-reactive ketones (excluding diaryl/α,β-unsaturated/α-hetero) is 2. The third kappa shape index (κ3) is 16.1. The Morgan fingerprint density at radius 1 is 0.786 bits per heavy atom. The Balaban J connectivity index is 2.70. The van der Waals surface area contributed by atoms with E-state index in [1.807, 2.05) is 20.8 Å². The first-order chi connectivity index (χ1) is 20.1. The summed E-state index contributed by atoms with van der Waals surface area (Å²) in [4.78, 5) is 49.2. The monoisotopic (exact) mass is 591 g/mol. The Bertz CT molecular complexity index is 898. The molecule has 0 bridgehead atoms. The number of ketones is 2. The summed E-state index contributed by atoms with van der Waals surface area (Å²) in [6, 6.07) is 0. The molecule has 0 spiro atoms. The van der Waals surface area contributed by atoms with Crippen molar-refractivity contribution < 1.29 is 33.4 Å². The quantitative estimate of drug-likeness (QED) is 0.0505. The number of unbranched alkanes of at least 4 members (excludes halogenated alkanes) is 12. The standard InChI is InChI=1S/C34H57NO7/c1-6-7-8-9-10-11-12-13-14-15-17-21-28-32(39)30(35-23-18-16-19-24-40-26-36)27(2)31(38)33(28)41-25-20-22-29(37)42-34(3,4)5/h26,35H,6-25H2,1-5H3. The van der Waals surface area contributed by atoms with E-state index in [0.29, 0.717) is 49.3 Å². The van der Waals surface area contributed by atoms with Crippen LogP contribution >= 0.6 is 0 Å². The van der Waals surface area contributed by atoms with E-state index < -0.39 is 5.60 Å². The predicted octanol–water partition coefficient (Wildman–Crippen LogP) is 7.44. The Hall–Kier alpha value is -2.64. The van der Waals surface area contributed by atoms with Gasteiger partial charge in [-0.1, -0.05) is 71.1 Å². The Labute approximate surface area is 254 Å². The first kappa shape index (κ1) is 37.4. The summed E-state index contributed by atoms with van der Waals surface area (Å²) in [6.07, 6.45) is 16.7. The van der Waals surface area contributed by atoms with Crippen molar-refractivity contribution in [1.82, 2.24) is 5.32 Å². The molecule has 0 saturated carbocycles. The molecule has 1 N–H and O–H groups in total. The smallest absolute Gasteiger partial charge is 0.306 e. The normalized spacial score (nSPS) is 13.9. The zero-order valence-electron chi connectivity index (χ0n) is 27.1. The van der Waals surface area contributed by atoms with Gasteiger partial charge in [0.05, 0.1) is 18.9 Å². The summed E-state index contributed by atoms with van der Waals surface area (Å²) in [5.41, 5.74) is 0.584. The van der Waals surface area contributed by atoms with Crippen LogP contribution in [0.4, 0.5) is 0 Å². The van der Waals surface area contributed by atoms with Gasteiger partial charge in [0.15, 0.2) is 5.76 Å². The van der Waals surface area contributed by atoms with Gasteiger partial charge in [-0.2, -0.15) is 0 Å². The summed E-state index contributed by atoms with van der Waals surface area (Å²) in [5, 5.41) is 3.19. The van der Waals surface area contributed by atoms with E-state index in [9.17, 15) is 19.2 Å². The van der Waals surface area contributed by atoms with E-state index >= 15 is 0 Å². The largest absolute Gasteiger partial charge is 0.489 e. The number of hydrogen-bond acceptors (Lipinski definition) is 8. The van der Waals surface area contributed by atoms with Gasteiger partial charge in [-0.3, -0.25) is 19.2 Å². The molecule has 0 aromatic carbocycles. The van der Waals surface area contributed by atoms with E-state index in [1.165, 1.54) is 51.4 Å². The number of rotatable bonds is 25. The van der Waals surface area contributed by atoms with E-state index in [1.54, 1.807) is 6.92 Å². The first-order valence-corrected chi connectivity index (χ1v) is 16.3. The minimum Gasteiger partial charge on any atom is -0.489 e. The maximum atomic E-state index is 13.6. The van der Waals surface area contributed by atoms with E-state index in [0.717, 1.165) is 38.5 Å². The molecule has 0 aromatic rings. The van der Waals surface area contributed by atoms with Crippen molar-refractivity contribution in [2.75, 3.05) is 19.8 Å².